The Morgan fingerprint density at radius 2 is 1.91 bits per heavy atom. The van der Waals surface area contributed by atoms with Gasteiger partial charge in [-0.3, -0.25) is 14.2 Å². The molecule has 240 valence electrons. The zero-order chi connectivity index (χ0) is 32.6. The van der Waals surface area contributed by atoms with Gasteiger partial charge in [-0.25, -0.2) is 4.98 Å². The third-order valence-corrected chi connectivity index (χ3v) is 9.14. The summed E-state index contributed by atoms with van der Waals surface area (Å²) in [5.41, 5.74) is 3.47. The normalized spacial score (nSPS) is 19.5. The summed E-state index contributed by atoms with van der Waals surface area (Å²) in [5, 5.41) is 14.7. The number of rotatable bonds is 8. The number of carbonyl (C=O) groups is 1. The van der Waals surface area contributed by atoms with Crippen LogP contribution in [-0.4, -0.2) is 58.5 Å². The Balaban J connectivity index is 1.43. The van der Waals surface area contributed by atoms with Gasteiger partial charge in [-0.2, -0.15) is 4.98 Å². The molecule has 0 radical (unpaired) electrons. The van der Waals surface area contributed by atoms with Crippen molar-refractivity contribution in [2.45, 2.75) is 57.7 Å². The number of nitrogens with one attached hydrogen (secondary N) is 1. The van der Waals surface area contributed by atoms with Gasteiger partial charge in [0.05, 0.1) is 31.2 Å². The summed E-state index contributed by atoms with van der Waals surface area (Å²) >= 11 is 0. The second-order valence-corrected chi connectivity index (χ2v) is 12.2. The number of amides is 1. The number of aliphatic hydroxyl groups is 1. The van der Waals surface area contributed by atoms with E-state index in [-0.39, 0.29) is 17.5 Å². The number of carbonyl (C=O) groups excluding carboxylic acids is 1. The van der Waals surface area contributed by atoms with Crippen LogP contribution in [-0.2, 0) is 11.3 Å². The first-order valence-corrected chi connectivity index (χ1v) is 15.5. The number of fused-ring (bicyclic) bond motifs is 2. The van der Waals surface area contributed by atoms with E-state index in [0.29, 0.717) is 74.1 Å². The largest absolute Gasteiger partial charge is 0.497 e. The van der Waals surface area contributed by atoms with Gasteiger partial charge in [0.15, 0.2) is 0 Å². The molecule has 0 atom stereocenters. The molecule has 2 aromatic carbocycles. The Labute approximate surface area is 268 Å². The number of aromatic nitrogens is 3. The van der Waals surface area contributed by atoms with Crippen molar-refractivity contribution < 1.29 is 19.4 Å². The van der Waals surface area contributed by atoms with Crippen molar-refractivity contribution in [3.8, 4) is 11.5 Å². The fourth-order valence-electron chi connectivity index (χ4n) is 6.60. The lowest BCUT2D eigenvalue weighted by molar-refractivity contribution is -0.114. The van der Waals surface area contributed by atoms with E-state index in [1.165, 1.54) is 6.08 Å². The SMILES string of the molecule is C=CC(=O)N1CCN(c2cc3cnc(NCc4ccc(OC)cc4OC)nc3n(C3CCC(C)(O)CC3)c2=O)c2cccc(C)c21. The molecule has 0 unspecified atom stereocenters. The van der Waals surface area contributed by atoms with Crippen molar-refractivity contribution in [1.82, 2.24) is 14.5 Å². The molecule has 46 heavy (non-hydrogen) atoms. The van der Waals surface area contributed by atoms with Crippen LogP contribution in [0.3, 0.4) is 0 Å². The van der Waals surface area contributed by atoms with E-state index in [1.807, 2.05) is 61.2 Å². The summed E-state index contributed by atoms with van der Waals surface area (Å²) in [5.74, 6) is 1.57. The smallest absolute Gasteiger partial charge is 0.276 e. The lowest BCUT2D eigenvalue weighted by Crippen LogP contribution is -2.44. The Bertz CT molecular complexity index is 1860. The number of pyridine rings is 1. The highest BCUT2D eigenvalue weighted by Crippen LogP contribution is 2.41. The Morgan fingerprint density at radius 1 is 1.13 bits per heavy atom. The number of aryl methyl sites for hydroxylation is 1. The van der Waals surface area contributed by atoms with Crippen LogP contribution < -0.4 is 30.1 Å². The number of nitrogens with zero attached hydrogens (tertiary/aromatic N) is 5. The number of para-hydroxylation sites is 1. The molecule has 2 N–H and O–H groups in total. The molecule has 11 heteroatoms. The molecule has 1 aliphatic carbocycles. The van der Waals surface area contributed by atoms with Gasteiger partial charge in [-0.05, 0) is 75.4 Å². The molecule has 0 bridgehead atoms. The number of hydrogen-bond donors (Lipinski definition) is 2. The summed E-state index contributed by atoms with van der Waals surface area (Å²) < 4.78 is 12.7. The number of ether oxygens (including phenoxy) is 2. The van der Waals surface area contributed by atoms with Gasteiger partial charge in [0, 0.05) is 48.9 Å². The first-order valence-electron chi connectivity index (χ1n) is 15.5. The van der Waals surface area contributed by atoms with E-state index >= 15 is 0 Å². The highest BCUT2D eigenvalue weighted by atomic mass is 16.5. The summed E-state index contributed by atoms with van der Waals surface area (Å²) in [7, 11) is 3.22. The van der Waals surface area contributed by atoms with Gasteiger partial charge in [-0.15, -0.1) is 0 Å². The minimum Gasteiger partial charge on any atom is -0.497 e. The first-order chi connectivity index (χ1) is 22.1. The first kappa shape index (κ1) is 31.1. The van der Waals surface area contributed by atoms with Gasteiger partial charge >= 0.3 is 0 Å². The fourth-order valence-corrected chi connectivity index (χ4v) is 6.60. The van der Waals surface area contributed by atoms with Gasteiger partial charge in [0.25, 0.3) is 11.5 Å². The van der Waals surface area contributed by atoms with E-state index < -0.39 is 5.60 Å². The molecule has 1 fully saturated rings. The van der Waals surface area contributed by atoms with Gasteiger partial charge < -0.3 is 29.7 Å². The van der Waals surface area contributed by atoms with Crippen LogP contribution in [0.15, 0.2) is 66.1 Å². The minimum absolute atomic E-state index is 0.153. The molecule has 1 amide bonds. The van der Waals surface area contributed by atoms with Crippen molar-refractivity contribution in [3.63, 3.8) is 0 Å². The zero-order valence-electron chi connectivity index (χ0n) is 26.7. The van der Waals surface area contributed by atoms with Gasteiger partial charge in [0.2, 0.25) is 5.95 Å². The maximum absolute atomic E-state index is 14.6. The van der Waals surface area contributed by atoms with Gasteiger partial charge in [0.1, 0.15) is 22.8 Å². The van der Waals surface area contributed by atoms with Crippen molar-refractivity contribution in [2.75, 3.05) is 42.4 Å². The highest BCUT2D eigenvalue weighted by Gasteiger charge is 2.34. The average Bonchev–Trinajstić information content (AvgIpc) is 3.06. The van der Waals surface area contributed by atoms with Crippen LogP contribution >= 0.6 is 0 Å². The van der Waals surface area contributed by atoms with Crippen LogP contribution in [0.25, 0.3) is 11.0 Å². The van der Waals surface area contributed by atoms with E-state index in [4.69, 9.17) is 14.5 Å². The van der Waals surface area contributed by atoms with Crippen LogP contribution in [0.5, 0.6) is 11.5 Å². The van der Waals surface area contributed by atoms with Crippen LogP contribution in [0.1, 0.15) is 49.8 Å². The molecule has 2 aliphatic rings. The van der Waals surface area contributed by atoms with Crippen molar-refractivity contribution in [1.29, 1.82) is 0 Å². The van der Waals surface area contributed by atoms with Crippen molar-refractivity contribution in [2.24, 2.45) is 0 Å². The number of benzene rings is 2. The Hall–Kier alpha value is -4.90. The maximum atomic E-state index is 14.6. The number of anilines is 4. The van der Waals surface area contributed by atoms with Crippen LogP contribution in [0.2, 0.25) is 0 Å². The second-order valence-electron chi connectivity index (χ2n) is 12.2. The Kier molecular flexibility index (Phi) is 8.43. The predicted octanol–water partition coefficient (Wildman–Crippen LogP) is 5.27. The topological polar surface area (TPSA) is 122 Å². The molecule has 1 saturated carbocycles. The van der Waals surface area contributed by atoms with E-state index in [2.05, 4.69) is 16.9 Å². The summed E-state index contributed by atoms with van der Waals surface area (Å²) in [4.78, 5) is 40.6. The van der Waals surface area contributed by atoms with E-state index in [1.54, 1.807) is 29.9 Å². The minimum atomic E-state index is -0.767. The second kappa shape index (κ2) is 12.5. The third-order valence-electron chi connectivity index (χ3n) is 9.14. The van der Waals surface area contributed by atoms with E-state index in [0.717, 1.165) is 27.9 Å². The maximum Gasteiger partial charge on any atom is 0.276 e. The summed E-state index contributed by atoms with van der Waals surface area (Å²) in [6.07, 6.45) is 5.49. The van der Waals surface area contributed by atoms with Crippen LogP contribution in [0, 0.1) is 6.92 Å². The summed E-state index contributed by atoms with van der Waals surface area (Å²) in [6.45, 7) is 8.73. The molecular weight excluding hydrogens is 584 g/mol. The molecule has 0 spiro atoms. The third kappa shape index (κ3) is 5.78. The molecule has 11 nitrogen and oxygen atoms in total. The van der Waals surface area contributed by atoms with Gasteiger partial charge in [-0.1, -0.05) is 18.7 Å². The monoisotopic (exact) mass is 624 g/mol. The Morgan fingerprint density at radius 3 is 2.63 bits per heavy atom. The molecular formula is C35H40N6O5. The molecule has 4 aromatic rings. The molecule has 2 aromatic heterocycles. The van der Waals surface area contributed by atoms with Crippen molar-refractivity contribution >= 4 is 40.0 Å². The highest BCUT2D eigenvalue weighted by molar-refractivity contribution is 6.05. The molecule has 0 saturated heterocycles. The zero-order valence-corrected chi connectivity index (χ0v) is 26.7. The molecule has 6 rings (SSSR count). The van der Waals surface area contributed by atoms with E-state index in [9.17, 15) is 14.7 Å². The standard InChI is InChI=1S/C35H40N6O5/c1-6-30(42)40-17-16-39(27-9-7-8-22(2)31(27)40)28-18-24-21-37-34(36-20-23-10-11-26(45-4)19-29(23)46-5)38-32(24)41(33(28)43)25-12-14-35(3,44)15-13-25/h6-11,18-19,21,25,44H,1,12-17,20H2,2-5H3,(H,36,37,38). The van der Waals surface area contributed by atoms with Crippen molar-refractivity contribution in [3.05, 3.63) is 82.8 Å². The average molecular weight is 625 g/mol. The predicted molar refractivity (Wildman–Crippen MR) is 180 cm³/mol. The lowest BCUT2D eigenvalue weighted by Gasteiger charge is -2.39. The molecule has 1 aliphatic heterocycles. The van der Waals surface area contributed by atoms with Crippen LogP contribution in [0.4, 0.5) is 23.0 Å². The number of hydrogen-bond acceptors (Lipinski definition) is 9. The quantitative estimate of drug-likeness (QED) is 0.253. The lowest BCUT2D eigenvalue weighted by atomic mass is 9.83. The fraction of sp³-hybridized carbons (Fsp3) is 0.371. The number of methoxy groups -OCH3 is 2. The molecule has 3 heterocycles. The summed E-state index contributed by atoms with van der Waals surface area (Å²) in [6, 6.07) is 13.1.